The van der Waals surface area contributed by atoms with Crippen molar-refractivity contribution in [2.24, 2.45) is 5.92 Å². The number of unbranched alkanes of at least 4 members (excludes halogenated alkanes) is 2. The first-order valence-corrected chi connectivity index (χ1v) is 6.61. The molecule has 0 heteroatoms. The van der Waals surface area contributed by atoms with Crippen molar-refractivity contribution in [1.82, 2.24) is 0 Å². The Morgan fingerprint density at radius 2 is 2.20 bits per heavy atom. The van der Waals surface area contributed by atoms with Crippen LogP contribution in [0.2, 0.25) is 0 Å². The monoisotopic (exact) mass is 206 g/mol. The Kier molecular flexibility index (Phi) is 5.75. The van der Waals surface area contributed by atoms with Gasteiger partial charge >= 0.3 is 0 Å². The molecule has 0 spiro atoms. The highest BCUT2D eigenvalue weighted by molar-refractivity contribution is 5.19. The topological polar surface area (TPSA) is 0 Å². The van der Waals surface area contributed by atoms with Crippen molar-refractivity contribution in [1.29, 1.82) is 0 Å². The molecule has 15 heavy (non-hydrogen) atoms. The number of hydrogen-bond acceptors (Lipinski definition) is 0. The Bertz CT molecular complexity index is 222. The second-order valence-electron chi connectivity index (χ2n) is 4.81. The quantitative estimate of drug-likeness (QED) is 0.411. The summed E-state index contributed by atoms with van der Waals surface area (Å²) in [5, 5.41) is 0. The van der Waals surface area contributed by atoms with Crippen molar-refractivity contribution in [2.45, 2.75) is 65.2 Å². The third-order valence-corrected chi connectivity index (χ3v) is 3.68. The van der Waals surface area contributed by atoms with Gasteiger partial charge in [0.05, 0.1) is 0 Å². The molecule has 0 saturated carbocycles. The zero-order chi connectivity index (χ0) is 11.1. The van der Waals surface area contributed by atoms with Gasteiger partial charge in [-0.25, -0.2) is 0 Å². The van der Waals surface area contributed by atoms with Gasteiger partial charge in [-0.1, -0.05) is 31.1 Å². The zero-order valence-electron chi connectivity index (χ0n) is 10.5. The van der Waals surface area contributed by atoms with E-state index in [1.165, 1.54) is 51.4 Å². The molecule has 0 aromatic heterocycles. The summed E-state index contributed by atoms with van der Waals surface area (Å²) in [6.07, 6.45) is 12.7. The molecule has 0 saturated heterocycles. The fourth-order valence-electron chi connectivity index (χ4n) is 2.82. The van der Waals surface area contributed by atoms with E-state index in [0.29, 0.717) is 0 Å². The second-order valence-corrected chi connectivity index (χ2v) is 4.81. The van der Waals surface area contributed by atoms with E-state index in [1.54, 1.807) is 11.1 Å². The van der Waals surface area contributed by atoms with E-state index in [4.69, 9.17) is 0 Å². The van der Waals surface area contributed by atoms with Crippen molar-refractivity contribution < 1.29 is 0 Å². The molecule has 0 bridgehead atoms. The summed E-state index contributed by atoms with van der Waals surface area (Å²) in [6, 6.07) is 0. The summed E-state index contributed by atoms with van der Waals surface area (Å²) in [5.74, 6) is 0.859. The van der Waals surface area contributed by atoms with Crippen molar-refractivity contribution in [3.63, 3.8) is 0 Å². The maximum absolute atomic E-state index is 3.78. The first kappa shape index (κ1) is 12.5. The molecule has 0 aromatic rings. The van der Waals surface area contributed by atoms with Crippen LogP contribution in [0.3, 0.4) is 0 Å². The standard InChI is InChI=1S/C15H26/c1-4-6-7-8-11-14-12-9-10-13(3)15(14)5-2/h4,13H,1,5-12H2,2-3H3. The molecule has 0 aliphatic heterocycles. The number of allylic oxidation sites excluding steroid dienone is 3. The summed E-state index contributed by atoms with van der Waals surface area (Å²) in [4.78, 5) is 0. The van der Waals surface area contributed by atoms with E-state index in [-0.39, 0.29) is 0 Å². The minimum absolute atomic E-state index is 0.859. The van der Waals surface area contributed by atoms with E-state index in [1.807, 2.05) is 6.08 Å². The van der Waals surface area contributed by atoms with Crippen LogP contribution in [0.25, 0.3) is 0 Å². The van der Waals surface area contributed by atoms with Crippen LogP contribution in [-0.4, -0.2) is 0 Å². The molecule has 0 N–H and O–H groups in total. The second kappa shape index (κ2) is 6.87. The molecule has 1 atom stereocenters. The summed E-state index contributed by atoms with van der Waals surface area (Å²) in [6.45, 7) is 8.50. The normalized spacial score (nSPS) is 21.9. The van der Waals surface area contributed by atoms with E-state index < -0.39 is 0 Å². The Hall–Kier alpha value is -0.520. The van der Waals surface area contributed by atoms with Crippen LogP contribution in [0.1, 0.15) is 65.2 Å². The molecular formula is C15H26. The maximum Gasteiger partial charge on any atom is -0.0229 e. The van der Waals surface area contributed by atoms with Gasteiger partial charge in [0.1, 0.15) is 0 Å². The molecule has 0 radical (unpaired) electrons. The minimum atomic E-state index is 0.859. The number of rotatable bonds is 6. The molecule has 86 valence electrons. The van der Waals surface area contributed by atoms with Gasteiger partial charge < -0.3 is 0 Å². The summed E-state index contributed by atoms with van der Waals surface area (Å²) in [7, 11) is 0. The molecular weight excluding hydrogens is 180 g/mol. The van der Waals surface area contributed by atoms with Crippen LogP contribution in [0.4, 0.5) is 0 Å². The van der Waals surface area contributed by atoms with Crippen molar-refractivity contribution in [3.8, 4) is 0 Å². The Balaban J connectivity index is 2.45. The first-order chi connectivity index (χ1) is 7.29. The summed E-state index contributed by atoms with van der Waals surface area (Å²) >= 11 is 0. The van der Waals surface area contributed by atoms with Gasteiger partial charge in [0, 0.05) is 0 Å². The third kappa shape index (κ3) is 3.85. The van der Waals surface area contributed by atoms with Crippen LogP contribution in [0.15, 0.2) is 23.8 Å². The van der Waals surface area contributed by atoms with Crippen molar-refractivity contribution >= 4 is 0 Å². The average molecular weight is 206 g/mol. The SMILES string of the molecule is C=CCCCCC1=C(CC)C(C)CCC1. The van der Waals surface area contributed by atoms with Crippen LogP contribution in [0, 0.1) is 5.92 Å². The van der Waals surface area contributed by atoms with E-state index in [0.717, 1.165) is 5.92 Å². The van der Waals surface area contributed by atoms with Gasteiger partial charge in [0.2, 0.25) is 0 Å². The molecule has 1 unspecified atom stereocenters. The van der Waals surface area contributed by atoms with Crippen LogP contribution in [0.5, 0.6) is 0 Å². The fourth-order valence-corrected chi connectivity index (χ4v) is 2.82. The smallest absolute Gasteiger partial charge is 0.0229 e. The van der Waals surface area contributed by atoms with Gasteiger partial charge in [-0.15, -0.1) is 6.58 Å². The maximum atomic E-state index is 3.78. The summed E-state index contributed by atoms with van der Waals surface area (Å²) < 4.78 is 0. The zero-order valence-corrected chi connectivity index (χ0v) is 10.5. The molecule has 0 nitrogen and oxygen atoms in total. The lowest BCUT2D eigenvalue weighted by molar-refractivity contribution is 0.506. The largest absolute Gasteiger partial charge is 0.103 e. The molecule has 0 heterocycles. The Morgan fingerprint density at radius 3 is 2.87 bits per heavy atom. The lowest BCUT2D eigenvalue weighted by Gasteiger charge is -2.25. The van der Waals surface area contributed by atoms with Gasteiger partial charge in [-0.3, -0.25) is 0 Å². The molecule has 1 aliphatic rings. The van der Waals surface area contributed by atoms with Gasteiger partial charge in [0.25, 0.3) is 0 Å². The number of hydrogen-bond donors (Lipinski definition) is 0. The van der Waals surface area contributed by atoms with E-state index in [2.05, 4.69) is 20.4 Å². The van der Waals surface area contributed by atoms with Gasteiger partial charge in [-0.05, 0) is 57.3 Å². The highest BCUT2D eigenvalue weighted by atomic mass is 14.2. The predicted octanol–water partition coefficient (Wildman–Crippen LogP) is 5.26. The Labute approximate surface area is 95.5 Å². The van der Waals surface area contributed by atoms with Crippen LogP contribution < -0.4 is 0 Å². The highest BCUT2D eigenvalue weighted by Gasteiger charge is 2.17. The first-order valence-electron chi connectivity index (χ1n) is 6.61. The van der Waals surface area contributed by atoms with E-state index in [9.17, 15) is 0 Å². The van der Waals surface area contributed by atoms with Crippen LogP contribution >= 0.6 is 0 Å². The third-order valence-electron chi connectivity index (χ3n) is 3.68. The van der Waals surface area contributed by atoms with E-state index >= 15 is 0 Å². The summed E-state index contributed by atoms with van der Waals surface area (Å²) in [5.41, 5.74) is 3.57. The fraction of sp³-hybridized carbons (Fsp3) is 0.733. The molecule has 0 fully saturated rings. The van der Waals surface area contributed by atoms with Crippen molar-refractivity contribution in [3.05, 3.63) is 23.8 Å². The van der Waals surface area contributed by atoms with Gasteiger partial charge in [0.15, 0.2) is 0 Å². The van der Waals surface area contributed by atoms with Crippen molar-refractivity contribution in [2.75, 3.05) is 0 Å². The predicted molar refractivity (Wildman–Crippen MR) is 69.0 cm³/mol. The average Bonchev–Trinajstić information content (AvgIpc) is 2.24. The molecule has 0 aromatic carbocycles. The lowest BCUT2D eigenvalue weighted by atomic mass is 9.81. The van der Waals surface area contributed by atoms with Gasteiger partial charge in [-0.2, -0.15) is 0 Å². The van der Waals surface area contributed by atoms with Crippen LogP contribution in [-0.2, 0) is 0 Å². The Morgan fingerprint density at radius 1 is 1.40 bits per heavy atom. The highest BCUT2D eigenvalue weighted by Crippen LogP contribution is 2.34. The molecule has 1 rings (SSSR count). The molecule has 1 aliphatic carbocycles. The minimum Gasteiger partial charge on any atom is -0.103 e. The molecule has 0 amide bonds. The lowest BCUT2D eigenvalue weighted by Crippen LogP contribution is -2.09.